The maximum absolute atomic E-state index is 4.51. The molecule has 4 heteroatoms. The quantitative estimate of drug-likeness (QED) is 0.795. The number of thiazole rings is 1. The average molecular weight is 306 g/mol. The summed E-state index contributed by atoms with van der Waals surface area (Å²) in [7, 11) is 0. The van der Waals surface area contributed by atoms with Gasteiger partial charge in [0.05, 0.1) is 6.04 Å². The van der Waals surface area contributed by atoms with E-state index >= 15 is 0 Å². The summed E-state index contributed by atoms with van der Waals surface area (Å²) in [5.74, 6) is 0.794. The van der Waals surface area contributed by atoms with Gasteiger partial charge in [0.15, 0.2) is 0 Å². The van der Waals surface area contributed by atoms with Crippen LogP contribution in [0.25, 0.3) is 0 Å². The van der Waals surface area contributed by atoms with Crippen molar-refractivity contribution in [1.29, 1.82) is 0 Å². The van der Waals surface area contributed by atoms with E-state index in [9.17, 15) is 0 Å². The van der Waals surface area contributed by atoms with Crippen LogP contribution in [0, 0.1) is 5.92 Å². The van der Waals surface area contributed by atoms with E-state index in [-0.39, 0.29) is 0 Å². The fraction of sp³-hybridized carbons (Fsp3) is 0.562. The largest absolute Gasteiger partial charge is 0.300 e. The van der Waals surface area contributed by atoms with Gasteiger partial charge in [-0.2, -0.15) is 0 Å². The summed E-state index contributed by atoms with van der Waals surface area (Å²) in [5, 5.41) is 9.41. The molecule has 0 radical (unpaired) electrons. The van der Waals surface area contributed by atoms with Gasteiger partial charge in [0.25, 0.3) is 0 Å². The number of nitrogens with one attached hydrogen (secondary N) is 1. The first kappa shape index (κ1) is 14.2. The van der Waals surface area contributed by atoms with Crippen molar-refractivity contribution in [2.75, 3.05) is 0 Å². The highest BCUT2D eigenvalue weighted by molar-refractivity contribution is 7.10. The lowest BCUT2D eigenvalue weighted by Gasteiger charge is -2.28. The van der Waals surface area contributed by atoms with Crippen LogP contribution in [0.5, 0.6) is 0 Å². The van der Waals surface area contributed by atoms with Crippen molar-refractivity contribution in [2.45, 2.75) is 51.1 Å². The number of thiophene rings is 1. The van der Waals surface area contributed by atoms with Crippen molar-refractivity contribution in [3.8, 4) is 0 Å². The number of nitrogens with zero attached hydrogens (tertiary/aromatic N) is 1. The van der Waals surface area contributed by atoms with Crippen molar-refractivity contribution >= 4 is 22.7 Å². The summed E-state index contributed by atoms with van der Waals surface area (Å²) in [6.45, 7) is 2.25. The standard InChI is InChI=1S/C16H22N2S2/c1-2-13(16-17-9-11-20-16)18-15(12-6-3-4-7-12)14-8-5-10-19-14/h5,8-13,15,18H,2-4,6-7H2,1H3. The summed E-state index contributed by atoms with van der Waals surface area (Å²) in [6.07, 6.45) is 8.53. The molecule has 0 aromatic carbocycles. The molecule has 2 unspecified atom stereocenters. The molecule has 0 saturated heterocycles. The second-order valence-corrected chi connectivity index (χ2v) is 7.44. The highest BCUT2D eigenvalue weighted by atomic mass is 32.1. The van der Waals surface area contributed by atoms with E-state index in [1.165, 1.54) is 35.6 Å². The molecule has 0 aliphatic heterocycles. The molecule has 1 aliphatic rings. The highest BCUT2D eigenvalue weighted by Crippen LogP contribution is 2.39. The van der Waals surface area contributed by atoms with Crippen molar-refractivity contribution in [3.63, 3.8) is 0 Å². The summed E-state index contributed by atoms with van der Waals surface area (Å²) < 4.78 is 0. The van der Waals surface area contributed by atoms with Gasteiger partial charge < -0.3 is 0 Å². The van der Waals surface area contributed by atoms with Crippen LogP contribution in [-0.4, -0.2) is 4.98 Å². The molecular formula is C16H22N2S2. The van der Waals surface area contributed by atoms with Gasteiger partial charge in [0.1, 0.15) is 5.01 Å². The van der Waals surface area contributed by atoms with Crippen molar-refractivity contribution in [2.24, 2.45) is 5.92 Å². The number of aromatic nitrogens is 1. The highest BCUT2D eigenvalue weighted by Gasteiger charge is 2.29. The van der Waals surface area contributed by atoms with E-state index < -0.39 is 0 Å². The van der Waals surface area contributed by atoms with Crippen LogP contribution in [0.2, 0.25) is 0 Å². The van der Waals surface area contributed by atoms with Gasteiger partial charge in [-0.3, -0.25) is 5.32 Å². The Hall–Kier alpha value is -0.710. The van der Waals surface area contributed by atoms with Gasteiger partial charge in [-0.05, 0) is 36.6 Å². The Labute approximate surface area is 129 Å². The molecule has 20 heavy (non-hydrogen) atoms. The Bertz CT molecular complexity index is 487. The third-order valence-electron chi connectivity index (χ3n) is 4.26. The zero-order chi connectivity index (χ0) is 13.8. The minimum absolute atomic E-state index is 0.391. The van der Waals surface area contributed by atoms with Crippen LogP contribution in [0.15, 0.2) is 29.1 Å². The van der Waals surface area contributed by atoms with E-state index in [0.717, 1.165) is 12.3 Å². The van der Waals surface area contributed by atoms with E-state index in [2.05, 4.69) is 40.1 Å². The Kier molecular flexibility index (Phi) is 4.86. The van der Waals surface area contributed by atoms with Gasteiger partial charge in [-0.15, -0.1) is 22.7 Å². The molecule has 2 atom stereocenters. The molecular weight excluding hydrogens is 284 g/mol. The van der Waals surface area contributed by atoms with Crippen LogP contribution >= 0.6 is 22.7 Å². The third kappa shape index (κ3) is 3.13. The Morgan fingerprint density at radius 1 is 1.30 bits per heavy atom. The van der Waals surface area contributed by atoms with Crippen LogP contribution in [0.4, 0.5) is 0 Å². The Morgan fingerprint density at radius 2 is 2.15 bits per heavy atom. The Balaban J connectivity index is 1.78. The topological polar surface area (TPSA) is 24.9 Å². The average Bonchev–Trinajstić information content (AvgIpc) is 3.23. The van der Waals surface area contributed by atoms with Gasteiger partial charge in [0, 0.05) is 22.5 Å². The molecule has 2 nitrogen and oxygen atoms in total. The number of hydrogen-bond donors (Lipinski definition) is 1. The number of hydrogen-bond acceptors (Lipinski definition) is 4. The predicted molar refractivity (Wildman–Crippen MR) is 87.3 cm³/mol. The fourth-order valence-electron chi connectivity index (χ4n) is 3.20. The van der Waals surface area contributed by atoms with Gasteiger partial charge >= 0.3 is 0 Å². The summed E-state index contributed by atoms with van der Waals surface area (Å²) in [4.78, 5) is 6.00. The minimum Gasteiger partial charge on any atom is -0.300 e. The van der Waals surface area contributed by atoms with Gasteiger partial charge in [-0.25, -0.2) is 4.98 Å². The third-order valence-corrected chi connectivity index (χ3v) is 6.10. The Morgan fingerprint density at radius 3 is 2.75 bits per heavy atom. The smallest absolute Gasteiger partial charge is 0.109 e. The van der Waals surface area contributed by atoms with Crippen molar-refractivity contribution in [3.05, 3.63) is 39.0 Å². The first-order valence-electron chi connectivity index (χ1n) is 7.57. The maximum Gasteiger partial charge on any atom is 0.109 e. The summed E-state index contributed by atoms with van der Waals surface area (Å²) in [5.41, 5.74) is 0. The molecule has 3 rings (SSSR count). The van der Waals surface area contributed by atoms with Crippen molar-refractivity contribution < 1.29 is 0 Å². The molecule has 1 N–H and O–H groups in total. The van der Waals surface area contributed by atoms with Crippen molar-refractivity contribution in [1.82, 2.24) is 10.3 Å². The fourth-order valence-corrected chi connectivity index (χ4v) is 4.86. The van der Waals surface area contributed by atoms with E-state index in [1.54, 1.807) is 11.3 Å². The molecule has 0 bridgehead atoms. The molecule has 0 amide bonds. The molecule has 1 aliphatic carbocycles. The molecule has 1 fully saturated rings. The normalized spacial score (nSPS) is 19.2. The van der Waals surface area contributed by atoms with E-state index in [4.69, 9.17) is 0 Å². The molecule has 2 aromatic rings. The maximum atomic E-state index is 4.51. The molecule has 1 saturated carbocycles. The zero-order valence-electron chi connectivity index (χ0n) is 11.9. The SMILES string of the molecule is CCC(NC(c1cccs1)C1CCCC1)c1nccs1. The summed E-state index contributed by atoms with van der Waals surface area (Å²) in [6, 6.07) is 5.36. The van der Waals surface area contributed by atoms with Crippen LogP contribution in [0.1, 0.15) is 61.0 Å². The van der Waals surface area contributed by atoms with E-state index in [0.29, 0.717) is 12.1 Å². The first-order valence-corrected chi connectivity index (χ1v) is 9.33. The van der Waals surface area contributed by atoms with Crippen LogP contribution in [0.3, 0.4) is 0 Å². The zero-order valence-corrected chi connectivity index (χ0v) is 13.6. The second kappa shape index (κ2) is 6.83. The predicted octanol–water partition coefficient (Wildman–Crippen LogP) is 5.18. The number of rotatable bonds is 6. The molecule has 0 spiro atoms. The molecule has 108 valence electrons. The molecule has 2 heterocycles. The minimum atomic E-state index is 0.391. The second-order valence-electron chi connectivity index (χ2n) is 5.54. The van der Waals surface area contributed by atoms with E-state index in [1.807, 2.05) is 17.5 Å². The van der Waals surface area contributed by atoms with Gasteiger partial charge in [-0.1, -0.05) is 25.8 Å². The van der Waals surface area contributed by atoms with Gasteiger partial charge in [0.2, 0.25) is 0 Å². The lowest BCUT2D eigenvalue weighted by atomic mass is 9.95. The van der Waals surface area contributed by atoms with Crippen LogP contribution < -0.4 is 5.32 Å². The molecule has 2 aromatic heterocycles. The summed E-state index contributed by atoms with van der Waals surface area (Å²) >= 11 is 3.66. The van der Waals surface area contributed by atoms with Crippen LogP contribution in [-0.2, 0) is 0 Å². The monoisotopic (exact) mass is 306 g/mol. The lowest BCUT2D eigenvalue weighted by Crippen LogP contribution is -2.30. The lowest BCUT2D eigenvalue weighted by molar-refractivity contribution is 0.329. The first-order chi connectivity index (χ1) is 9.88.